The maximum absolute atomic E-state index is 12.9. The lowest BCUT2D eigenvalue weighted by Gasteiger charge is -2.32. The minimum absolute atomic E-state index is 0.0587. The monoisotopic (exact) mass is 530 g/mol. The Balaban J connectivity index is 0.000000284. The molecule has 196 valence electrons. The quantitative estimate of drug-likeness (QED) is 0.286. The van der Waals surface area contributed by atoms with Crippen LogP contribution in [0.25, 0.3) is 0 Å². The van der Waals surface area contributed by atoms with Gasteiger partial charge < -0.3 is 25.6 Å². The molecule has 1 aliphatic heterocycles. The average Bonchev–Trinajstić information content (AvgIpc) is 3.32. The van der Waals surface area contributed by atoms with E-state index in [-0.39, 0.29) is 18.3 Å². The van der Waals surface area contributed by atoms with Gasteiger partial charge in [0.1, 0.15) is 12.4 Å². The van der Waals surface area contributed by atoms with Gasteiger partial charge in [-0.2, -0.15) is 17.5 Å². The fourth-order valence-corrected chi connectivity index (χ4v) is 3.36. The normalized spacial score (nSPS) is 14.6. The molecule has 36 heavy (non-hydrogen) atoms. The summed E-state index contributed by atoms with van der Waals surface area (Å²) >= 11 is 1.10. The number of aromatic nitrogens is 4. The minimum Gasteiger partial charge on any atom is -0.468 e. The average molecular weight is 531 g/mol. The molecule has 3 rings (SSSR count). The number of carbonyl (C=O) groups excluding carboxylic acids is 1. The number of piperazine rings is 1. The van der Waals surface area contributed by atoms with Crippen molar-refractivity contribution in [2.75, 3.05) is 43.9 Å². The maximum Gasteiger partial charge on any atom is 0.392 e. The molecule has 1 saturated heterocycles. The number of nitrogens with two attached hydrogens (primary N) is 1. The van der Waals surface area contributed by atoms with Crippen LogP contribution in [0.4, 0.5) is 29.3 Å². The number of carbonyl (C=O) groups is 1. The molecular weight excluding hydrogens is 504 g/mol. The van der Waals surface area contributed by atoms with E-state index in [9.17, 15) is 22.4 Å². The molecule has 3 heterocycles. The van der Waals surface area contributed by atoms with Gasteiger partial charge >= 0.3 is 6.18 Å². The molecular formula is C21H26F4N8O2S. The molecule has 2 aromatic heterocycles. The third kappa shape index (κ3) is 9.48. The van der Waals surface area contributed by atoms with Crippen molar-refractivity contribution in [1.29, 1.82) is 0 Å². The number of hydrogen-bond donors (Lipinski definition) is 2. The van der Waals surface area contributed by atoms with Crippen LogP contribution >= 0.6 is 11.7 Å². The van der Waals surface area contributed by atoms with Crippen LogP contribution < -0.4 is 20.7 Å². The number of nitrogens with zero attached hydrogens (tertiary/aromatic N) is 6. The van der Waals surface area contributed by atoms with Gasteiger partial charge in [0.2, 0.25) is 18.2 Å². The Morgan fingerprint density at radius 2 is 2.03 bits per heavy atom. The van der Waals surface area contributed by atoms with Crippen molar-refractivity contribution in [2.24, 2.45) is 0 Å². The van der Waals surface area contributed by atoms with E-state index in [4.69, 9.17) is 10.5 Å². The topological polar surface area (TPSA) is 122 Å². The summed E-state index contributed by atoms with van der Waals surface area (Å²) in [7, 11) is 1.45. The van der Waals surface area contributed by atoms with Crippen molar-refractivity contribution in [2.45, 2.75) is 19.2 Å². The molecule has 15 heteroatoms. The summed E-state index contributed by atoms with van der Waals surface area (Å²) in [5, 5.41) is 2.45. The van der Waals surface area contributed by atoms with Gasteiger partial charge in [0.25, 0.3) is 5.88 Å². The van der Waals surface area contributed by atoms with Crippen molar-refractivity contribution in [3.63, 3.8) is 0 Å². The zero-order valence-corrected chi connectivity index (χ0v) is 20.2. The molecule has 1 fully saturated rings. The van der Waals surface area contributed by atoms with Gasteiger partial charge in [0.15, 0.2) is 0 Å². The number of likely N-dealkylation sites (N-methyl/N-ethyl adjacent to an activating group) is 1. The van der Waals surface area contributed by atoms with E-state index in [0.29, 0.717) is 43.6 Å². The molecule has 0 radical (unpaired) electrons. The number of alkyl halides is 3. The van der Waals surface area contributed by atoms with Gasteiger partial charge in [0, 0.05) is 39.4 Å². The first-order valence-electron chi connectivity index (χ1n) is 10.6. The molecule has 0 atom stereocenters. The molecule has 10 nitrogen and oxygen atoms in total. The lowest BCUT2D eigenvalue weighted by atomic mass is 10.3. The summed E-state index contributed by atoms with van der Waals surface area (Å²) in [6, 6.07) is 1.73. The Morgan fingerprint density at radius 1 is 1.31 bits per heavy atom. The van der Waals surface area contributed by atoms with Gasteiger partial charge in [-0.3, -0.25) is 4.79 Å². The Bertz CT molecular complexity index is 1050. The maximum atomic E-state index is 12.9. The van der Waals surface area contributed by atoms with E-state index < -0.39 is 18.4 Å². The first-order valence-corrected chi connectivity index (χ1v) is 11.3. The number of hydrogen-bond acceptors (Lipinski definition) is 10. The molecule has 0 aromatic carbocycles. The largest absolute Gasteiger partial charge is 0.468 e. The van der Waals surface area contributed by atoms with Crippen molar-refractivity contribution in [3.05, 3.63) is 54.3 Å². The number of ether oxygens (including phenoxy) is 1. The number of halogens is 4. The first kappa shape index (κ1) is 28.5. The molecule has 1 amide bonds. The van der Waals surface area contributed by atoms with E-state index in [2.05, 4.69) is 35.5 Å². The number of amides is 1. The SMILES string of the molecule is C=C/C(NC)=C(F)\C=C/CC(F)(F)F.Nc1nccc(COc2nsnc2N2CCN(C=O)CC2)n1. The smallest absolute Gasteiger partial charge is 0.392 e. The Kier molecular flexibility index (Phi) is 11.1. The number of nitrogen functional groups attached to an aromatic ring is 1. The molecule has 0 bridgehead atoms. The van der Waals surface area contributed by atoms with Crippen LogP contribution in [0, 0.1) is 0 Å². The summed E-state index contributed by atoms with van der Waals surface area (Å²) in [6.07, 6.45) is -0.322. The van der Waals surface area contributed by atoms with Crippen molar-refractivity contribution < 1.29 is 27.1 Å². The van der Waals surface area contributed by atoms with Crippen LogP contribution in [0.5, 0.6) is 5.88 Å². The van der Waals surface area contributed by atoms with Gasteiger partial charge in [0.05, 0.1) is 29.5 Å². The zero-order valence-electron chi connectivity index (χ0n) is 19.4. The summed E-state index contributed by atoms with van der Waals surface area (Å²) in [4.78, 5) is 22.4. The van der Waals surface area contributed by atoms with Gasteiger partial charge in [-0.05, 0) is 18.2 Å². The predicted octanol–water partition coefficient (Wildman–Crippen LogP) is 2.85. The third-order valence-corrected chi connectivity index (χ3v) is 5.14. The van der Waals surface area contributed by atoms with Gasteiger partial charge in [-0.15, -0.1) is 4.37 Å². The molecule has 3 N–H and O–H groups in total. The molecule has 0 unspecified atom stereocenters. The van der Waals surface area contributed by atoms with Crippen LogP contribution in [0.1, 0.15) is 12.1 Å². The molecule has 0 saturated carbocycles. The predicted molar refractivity (Wildman–Crippen MR) is 128 cm³/mol. The van der Waals surface area contributed by atoms with E-state index in [1.165, 1.54) is 13.1 Å². The van der Waals surface area contributed by atoms with Crippen LogP contribution in [0.3, 0.4) is 0 Å². The minimum atomic E-state index is -4.30. The van der Waals surface area contributed by atoms with E-state index in [0.717, 1.165) is 30.3 Å². The number of nitrogens with one attached hydrogen (secondary N) is 1. The fraction of sp³-hybridized carbons (Fsp3) is 0.381. The van der Waals surface area contributed by atoms with Crippen molar-refractivity contribution in [1.82, 2.24) is 28.9 Å². The zero-order chi connectivity index (χ0) is 26.6. The Hall–Kier alpha value is -3.75. The third-order valence-electron chi connectivity index (χ3n) is 4.64. The van der Waals surface area contributed by atoms with Gasteiger partial charge in [-0.25, -0.2) is 14.4 Å². The van der Waals surface area contributed by atoms with Crippen LogP contribution in [-0.2, 0) is 11.4 Å². The van der Waals surface area contributed by atoms with E-state index in [1.807, 2.05) is 0 Å². The van der Waals surface area contributed by atoms with E-state index in [1.54, 1.807) is 17.2 Å². The summed E-state index contributed by atoms with van der Waals surface area (Å²) in [5.74, 6) is 0.619. The lowest BCUT2D eigenvalue weighted by molar-refractivity contribution is -0.125. The van der Waals surface area contributed by atoms with Crippen molar-refractivity contribution in [3.8, 4) is 5.88 Å². The number of rotatable bonds is 9. The highest BCUT2D eigenvalue weighted by molar-refractivity contribution is 6.99. The van der Waals surface area contributed by atoms with Crippen LogP contribution in [0.2, 0.25) is 0 Å². The number of allylic oxidation sites excluding steroid dienone is 4. The standard InChI is InChI=1S/C12H15N7O2S.C9H11F4N/c13-12-14-2-1-9(15-12)7-21-11-10(16-22-17-11)19-5-3-18(8-20)4-6-19;1-3-8(14-2)7(10)5-4-6-9(11,12)13/h1-2,8H,3-7H2,(H2,13,14,15);3-5,14H,1,6H2,2H3/b;5-4-,8-7-. The molecule has 0 spiro atoms. The van der Waals surface area contributed by atoms with E-state index >= 15 is 0 Å². The fourth-order valence-electron chi connectivity index (χ4n) is 2.84. The van der Waals surface area contributed by atoms with Crippen molar-refractivity contribution >= 4 is 29.9 Å². The van der Waals surface area contributed by atoms with Crippen LogP contribution in [0.15, 0.2) is 48.6 Å². The Morgan fingerprint density at radius 3 is 2.61 bits per heavy atom. The molecule has 2 aromatic rings. The lowest BCUT2D eigenvalue weighted by Crippen LogP contribution is -2.45. The molecule has 0 aliphatic carbocycles. The Labute approximate surface area is 209 Å². The first-order chi connectivity index (χ1) is 17.2. The summed E-state index contributed by atoms with van der Waals surface area (Å²) in [6.45, 7) is 6.30. The highest BCUT2D eigenvalue weighted by atomic mass is 32.1. The highest BCUT2D eigenvalue weighted by Crippen LogP contribution is 2.27. The highest BCUT2D eigenvalue weighted by Gasteiger charge is 2.24. The second-order valence-corrected chi connectivity index (χ2v) is 7.68. The summed E-state index contributed by atoms with van der Waals surface area (Å²) < 4.78 is 62.0. The number of anilines is 2. The second-order valence-electron chi connectivity index (χ2n) is 7.15. The van der Waals surface area contributed by atoms with Crippen LogP contribution in [-0.4, -0.2) is 69.4 Å². The second kappa shape index (κ2) is 14.0. The van der Waals surface area contributed by atoms with Gasteiger partial charge in [-0.1, -0.05) is 12.7 Å². The summed E-state index contributed by atoms with van der Waals surface area (Å²) in [5.41, 5.74) is 6.27. The molecule has 1 aliphatic rings.